The molecule has 2 rings (SSSR count). The Labute approximate surface area is 142 Å². The van der Waals surface area contributed by atoms with Crippen molar-refractivity contribution in [2.75, 3.05) is 31.2 Å². The van der Waals surface area contributed by atoms with Crippen molar-refractivity contribution < 1.29 is 9.84 Å². The fourth-order valence-corrected chi connectivity index (χ4v) is 2.50. The minimum absolute atomic E-state index is 0.117. The van der Waals surface area contributed by atoms with Gasteiger partial charge in [0.1, 0.15) is 5.76 Å². The van der Waals surface area contributed by atoms with E-state index in [1.165, 1.54) is 0 Å². The lowest BCUT2D eigenvalue weighted by molar-refractivity contribution is 0.249. The molecule has 24 heavy (non-hydrogen) atoms. The Balaban J connectivity index is 2.23. The van der Waals surface area contributed by atoms with Crippen molar-refractivity contribution in [1.82, 2.24) is 0 Å². The maximum absolute atomic E-state index is 9.10. The van der Waals surface area contributed by atoms with Crippen molar-refractivity contribution in [1.29, 1.82) is 10.8 Å². The van der Waals surface area contributed by atoms with E-state index in [1.54, 1.807) is 6.08 Å². The molecule has 0 fully saturated rings. The zero-order chi connectivity index (χ0) is 17.5. The Morgan fingerprint density at radius 1 is 1.17 bits per heavy atom. The van der Waals surface area contributed by atoms with Gasteiger partial charge in [-0.05, 0) is 38.1 Å². The average Bonchev–Trinajstić information content (AvgIpc) is 2.58. The fourth-order valence-electron chi connectivity index (χ4n) is 2.50. The highest BCUT2D eigenvalue weighted by atomic mass is 16.5. The molecule has 0 heterocycles. The Kier molecular flexibility index (Phi) is 6.26. The van der Waals surface area contributed by atoms with E-state index in [2.05, 4.69) is 9.89 Å². The Hall–Kier alpha value is -2.47. The SMILES string of the molecule is CCOC1=CC(=Nc2ccc(N(CC)CCO)cc2)C(=N)CC1=N. The fraction of sp³-hybridized carbons (Fsp3) is 0.389. The standard InChI is InChI=1S/C18H24N4O2/c1-3-22(9-10-23)14-7-5-13(6-8-14)21-17-12-18(24-4-2)16(20)11-15(17)19/h5-8,12,19-20,23H,3-4,9-11H2,1-2H3. The number of hydrogen-bond acceptors (Lipinski definition) is 6. The van der Waals surface area contributed by atoms with E-state index >= 15 is 0 Å². The maximum Gasteiger partial charge on any atom is 0.142 e. The van der Waals surface area contributed by atoms with E-state index < -0.39 is 0 Å². The quantitative estimate of drug-likeness (QED) is 0.718. The molecule has 1 aromatic carbocycles. The molecule has 128 valence electrons. The summed E-state index contributed by atoms with van der Waals surface area (Å²) in [5, 5.41) is 25.0. The first kappa shape index (κ1) is 17.9. The zero-order valence-electron chi connectivity index (χ0n) is 14.2. The maximum atomic E-state index is 9.10. The second-order valence-electron chi connectivity index (χ2n) is 5.39. The van der Waals surface area contributed by atoms with Gasteiger partial charge in [0.05, 0.1) is 36.0 Å². The zero-order valence-corrected chi connectivity index (χ0v) is 14.2. The summed E-state index contributed by atoms with van der Waals surface area (Å²) in [4.78, 5) is 6.59. The van der Waals surface area contributed by atoms with Crippen LogP contribution in [0.1, 0.15) is 20.3 Å². The van der Waals surface area contributed by atoms with Gasteiger partial charge in [-0.3, -0.25) is 0 Å². The van der Waals surface area contributed by atoms with Crippen molar-refractivity contribution >= 4 is 28.5 Å². The molecule has 0 unspecified atom stereocenters. The summed E-state index contributed by atoms with van der Waals surface area (Å²) in [6, 6.07) is 7.70. The molecule has 3 N–H and O–H groups in total. The van der Waals surface area contributed by atoms with Crippen molar-refractivity contribution in [2.45, 2.75) is 20.3 Å². The number of benzene rings is 1. The summed E-state index contributed by atoms with van der Waals surface area (Å²) in [5.41, 5.74) is 2.95. The highest BCUT2D eigenvalue weighted by molar-refractivity contribution is 6.51. The summed E-state index contributed by atoms with van der Waals surface area (Å²) in [5.74, 6) is 0.490. The van der Waals surface area contributed by atoms with Crippen molar-refractivity contribution in [3.8, 4) is 0 Å². The molecule has 6 heteroatoms. The van der Waals surface area contributed by atoms with Gasteiger partial charge < -0.3 is 25.6 Å². The van der Waals surface area contributed by atoms with Gasteiger partial charge in [0.15, 0.2) is 0 Å². The smallest absolute Gasteiger partial charge is 0.142 e. The number of aliphatic hydroxyl groups is 1. The van der Waals surface area contributed by atoms with Gasteiger partial charge in [-0.1, -0.05) is 0 Å². The summed E-state index contributed by atoms with van der Waals surface area (Å²) in [7, 11) is 0. The van der Waals surface area contributed by atoms with Gasteiger partial charge >= 0.3 is 0 Å². The van der Waals surface area contributed by atoms with Crippen LogP contribution >= 0.6 is 0 Å². The van der Waals surface area contributed by atoms with Crippen LogP contribution in [0.4, 0.5) is 11.4 Å². The third kappa shape index (κ3) is 4.29. The largest absolute Gasteiger partial charge is 0.492 e. The number of aliphatic hydroxyl groups excluding tert-OH is 1. The number of rotatable bonds is 7. The number of allylic oxidation sites excluding steroid dienone is 2. The predicted molar refractivity (Wildman–Crippen MR) is 98.3 cm³/mol. The molecule has 1 aliphatic rings. The molecule has 0 saturated heterocycles. The highest BCUT2D eigenvalue weighted by Crippen LogP contribution is 2.21. The summed E-state index contributed by atoms with van der Waals surface area (Å²) >= 11 is 0. The third-order valence-corrected chi connectivity index (χ3v) is 3.74. The first-order valence-corrected chi connectivity index (χ1v) is 8.13. The number of ether oxygens (including phenoxy) is 1. The van der Waals surface area contributed by atoms with Gasteiger partial charge in [0.25, 0.3) is 0 Å². The first-order chi connectivity index (χ1) is 11.6. The molecule has 0 bridgehead atoms. The van der Waals surface area contributed by atoms with Crippen LogP contribution in [0.5, 0.6) is 0 Å². The molecular weight excluding hydrogens is 304 g/mol. The lowest BCUT2D eigenvalue weighted by atomic mass is 10.00. The van der Waals surface area contributed by atoms with E-state index in [4.69, 9.17) is 20.7 Å². The third-order valence-electron chi connectivity index (χ3n) is 3.74. The lowest BCUT2D eigenvalue weighted by Crippen LogP contribution is -2.25. The summed E-state index contributed by atoms with van der Waals surface area (Å²) in [6.45, 7) is 5.93. The van der Waals surface area contributed by atoms with Crippen LogP contribution in [-0.2, 0) is 4.74 Å². The highest BCUT2D eigenvalue weighted by Gasteiger charge is 2.20. The molecule has 0 spiro atoms. The number of likely N-dealkylation sites (N-methyl/N-ethyl adjacent to an activating group) is 1. The molecule has 0 aliphatic heterocycles. The topological polar surface area (TPSA) is 92.8 Å². The first-order valence-electron chi connectivity index (χ1n) is 8.13. The van der Waals surface area contributed by atoms with E-state index in [9.17, 15) is 0 Å². The van der Waals surface area contributed by atoms with Crippen molar-refractivity contribution in [2.24, 2.45) is 4.99 Å². The number of hydrogen-bond donors (Lipinski definition) is 3. The van der Waals surface area contributed by atoms with E-state index in [1.807, 2.05) is 38.1 Å². The molecule has 6 nitrogen and oxygen atoms in total. The molecule has 0 saturated carbocycles. The van der Waals surface area contributed by atoms with Crippen LogP contribution in [0.15, 0.2) is 41.1 Å². The molecule has 0 radical (unpaired) electrons. The van der Waals surface area contributed by atoms with Gasteiger partial charge in [-0.25, -0.2) is 4.99 Å². The minimum Gasteiger partial charge on any atom is -0.492 e. The van der Waals surface area contributed by atoms with Crippen LogP contribution in [0.3, 0.4) is 0 Å². The Morgan fingerprint density at radius 3 is 2.46 bits per heavy atom. The molecule has 0 atom stereocenters. The van der Waals surface area contributed by atoms with Gasteiger partial charge in [0, 0.05) is 31.3 Å². The summed E-state index contributed by atoms with van der Waals surface area (Å²) in [6.07, 6.45) is 1.90. The van der Waals surface area contributed by atoms with Crippen LogP contribution < -0.4 is 4.90 Å². The molecular formula is C18H24N4O2. The van der Waals surface area contributed by atoms with Crippen LogP contribution in [-0.4, -0.2) is 48.5 Å². The van der Waals surface area contributed by atoms with Crippen LogP contribution in [0.25, 0.3) is 0 Å². The van der Waals surface area contributed by atoms with E-state index in [-0.39, 0.29) is 13.0 Å². The lowest BCUT2D eigenvalue weighted by Gasteiger charge is -2.22. The van der Waals surface area contributed by atoms with Gasteiger partial charge in [-0.2, -0.15) is 0 Å². The van der Waals surface area contributed by atoms with Crippen LogP contribution in [0.2, 0.25) is 0 Å². The molecule has 1 aromatic rings. The number of nitrogens with zero attached hydrogens (tertiary/aromatic N) is 2. The number of aliphatic imine (C=N–C) groups is 1. The number of nitrogens with one attached hydrogen (secondary N) is 2. The normalized spacial score (nSPS) is 16.3. The van der Waals surface area contributed by atoms with E-state index in [0.29, 0.717) is 36.0 Å². The molecule has 0 amide bonds. The Morgan fingerprint density at radius 2 is 1.88 bits per heavy atom. The summed E-state index contributed by atoms with van der Waals surface area (Å²) < 4.78 is 5.43. The molecule has 0 aromatic heterocycles. The van der Waals surface area contributed by atoms with Crippen LogP contribution in [0, 0.1) is 10.8 Å². The van der Waals surface area contributed by atoms with E-state index in [0.717, 1.165) is 17.9 Å². The second-order valence-corrected chi connectivity index (χ2v) is 5.39. The van der Waals surface area contributed by atoms with Crippen molar-refractivity contribution in [3.05, 3.63) is 36.1 Å². The molecule has 1 aliphatic carbocycles. The predicted octanol–water partition coefficient (Wildman–Crippen LogP) is 2.94. The minimum atomic E-state index is 0.117. The monoisotopic (exact) mass is 328 g/mol. The Bertz CT molecular complexity index is 662. The number of anilines is 1. The average molecular weight is 328 g/mol. The van der Waals surface area contributed by atoms with Gasteiger partial charge in [-0.15, -0.1) is 0 Å². The second kappa shape index (κ2) is 8.40. The van der Waals surface area contributed by atoms with Gasteiger partial charge in [0.2, 0.25) is 0 Å². The van der Waals surface area contributed by atoms with Crippen molar-refractivity contribution in [3.63, 3.8) is 0 Å².